The minimum atomic E-state index is 0.278. The summed E-state index contributed by atoms with van der Waals surface area (Å²) in [7, 11) is 0. The monoisotopic (exact) mass is 336 g/mol. The summed E-state index contributed by atoms with van der Waals surface area (Å²) in [5.41, 5.74) is 8.37. The van der Waals surface area contributed by atoms with E-state index < -0.39 is 0 Å². The third kappa shape index (κ3) is 3.67. The highest BCUT2D eigenvalue weighted by Crippen LogP contribution is 2.43. The largest absolute Gasteiger partial charge is 0.381 e. The minimum absolute atomic E-state index is 0.278. The standard InChI is InChI=1S/C17H20N8/c18-7-13-8-21-16(9-20-13)23-15-6-14(17(25-24-15)10-1-2-10)22-12-4-3-11(19)5-12/h6,8-12H,1-5,19H2,(H2,21,22,23,24). The highest BCUT2D eigenvalue weighted by Gasteiger charge is 2.30. The Morgan fingerprint density at radius 1 is 1.08 bits per heavy atom. The van der Waals surface area contributed by atoms with Gasteiger partial charge in [-0.1, -0.05) is 0 Å². The van der Waals surface area contributed by atoms with Gasteiger partial charge in [0.25, 0.3) is 0 Å². The number of hydrogen-bond donors (Lipinski definition) is 3. The van der Waals surface area contributed by atoms with Gasteiger partial charge in [0.2, 0.25) is 0 Å². The number of nitriles is 1. The van der Waals surface area contributed by atoms with E-state index in [4.69, 9.17) is 11.0 Å². The molecule has 2 aliphatic carbocycles. The summed E-state index contributed by atoms with van der Waals surface area (Å²) in [6.45, 7) is 0. The molecule has 4 N–H and O–H groups in total. The molecule has 2 atom stereocenters. The van der Waals surface area contributed by atoms with Crippen LogP contribution in [0.25, 0.3) is 0 Å². The highest BCUT2D eigenvalue weighted by atomic mass is 15.2. The molecule has 2 unspecified atom stereocenters. The van der Waals surface area contributed by atoms with Crippen LogP contribution in [0.2, 0.25) is 0 Å². The summed E-state index contributed by atoms with van der Waals surface area (Å²) in [5, 5.41) is 24.2. The molecule has 2 saturated carbocycles. The fourth-order valence-electron chi connectivity index (χ4n) is 3.19. The maximum atomic E-state index is 8.78. The number of nitrogens with zero attached hydrogens (tertiary/aromatic N) is 5. The SMILES string of the molecule is N#Cc1cnc(Nc2cc(NC3CCC(N)C3)c(C3CC3)nn2)cn1. The van der Waals surface area contributed by atoms with Crippen LogP contribution in [-0.2, 0) is 0 Å². The molecular weight excluding hydrogens is 316 g/mol. The number of rotatable bonds is 5. The van der Waals surface area contributed by atoms with Gasteiger partial charge >= 0.3 is 0 Å². The second-order valence-electron chi connectivity index (χ2n) is 6.74. The Hall–Kier alpha value is -2.79. The molecule has 8 heteroatoms. The third-order valence-electron chi connectivity index (χ3n) is 4.64. The van der Waals surface area contributed by atoms with Gasteiger partial charge in [0, 0.05) is 24.1 Å². The van der Waals surface area contributed by atoms with E-state index in [0.29, 0.717) is 23.6 Å². The lowest BCUT2D eigenvalue weighted by molar-refractivity contribution is 0.686. The summed E-state index contributed by atoms with van der Waals surface area (Å²) < 4.78 is 0. The molecule has 2 aliphatic rings. The molecule has 2 aromatic heterocycles. The van der Waals surface area contributed by atoms with Crippen molar-refractivity contribution in [2.24, 2.45) is 5.73 Å². The van der Waals surface area contributed by atoms with Crippen LogP contribution in [0.5, 0.6) is 0 Å². The van der Waals surface area contributed by atoms with Crippen LogP contribution in [0.15, 0.2) is 18.5 Å². The van der Waals surface area contributed by atoms with Crippen LogP contribution in [0.4, 0.5) is 17.3 Å². The molecule has 0 radical (unpaired) electrons. The van der Waals surface area contributed by atoms with Crippen LogP contribution < -0.4 is 16.4 Å². The zero-order chi connectivity index (χ0) is 17.2. The average Bonchev–Trinajstić information content (AvgIpc) is 3.38. The fourth-order valence-corrected chi connectivity index (χ4v) is 3.19. The highest BCUT2D eigenvalue weighted by molar-refractivity contribution is 5.61. The number of hydrogen-bond acceptors (Lipinski definition) is 8. The van der Waals surface area contributed by atoms with Gasteiger partial charge in [0.1, 0.15) is 11.9 Å². The molecule has 4 rings (SSSR count). The molecule has 0 saturated heterocycles. The maximum absolute atomic E-state index is 8.78. The van der Waals surface area contributed by atoms with Gasteiger partial charge in [0.15, 0.2) is 11.5 Å². The quantitative estimate of drug-likeness (QED) is 0.757. The lowest BCUT2D eigenvalue weighted by Crippen LogP contribution is -2.21. The Morgan fingerprint density at radius 3 is 2.60 bits per heavy atom. The van der Waals surface area contributed by atoms with Gasteiger partial charge < -0.3 is 16.4 Å². The van der Waals surface area contributed by atoms with Crippen molar-refractivity contribution in [2.75, 3.05) is 10.6 Å². The van der Waals surface area contributed by atoms with Gasteiger partial charge in [-0.25, -0.2) is 9.97 Å². The van der Waals surface area contributed by atoms with Crippen LogP contribution in [0.3, 0.4) is 0 Å². The Bertz CT molecular complexity index is 793. The van der Waals surface area contributed by atoms with E-state index in [1.54, 1.807) is 0 Å². The van der Waals surface area contributed by atoms with Crippen molar-refractivity contribution in [2.45, 2.75) is 50.1 Å². The zero-order valence-corrected chi connectivity index (χ0v) is 13.8. The smallest absolute Gasteiger partial charge is 0.158 e. The lowest BCUT2D eigenvalue weighted by atomic mass is 10.2. The van der Waals surface area contributed by atoms with Crippen molar-refractivity contribution in [1.82, 2.24) is 20.2 Å². The van der Waals surface area contributed by atoms with Gasteiger partial charge in [-0.3, -0.25) is 0 Å². The number of nitrogens with two attached hydrogens (primary N) is 1. The maximum Gasteiger partial charge on any atom is 0.158 e. The molecule has 8 nitrogen and oxygen atoms in total. The zero-order valence-electron chi connectivity index (χ0n) is 13.8. The van der Waals surface area contributed by atoms with E-state index in [9.17, 15) is 0 Å². The van der Waals surface area contributed by atoms with Crippen LogP contribution in [0, 0.1) is 11.3 Å². The van der Waals surface area contributed by atoms with Gasteiger partial charge in [0.05, 0.1) is 23.8 Å². The Balaban J connectivity index is 1.54. The normalized spacial score (nSPS) is 22.4. The second kappa shape index (κ2) is 6.61. The summed E-state index contributed by atoms with van der Waals surface area (Å²) >= 11 is 0. The first-order valence-corrected chi connectivity index (χ1v) is 8.60. The predicted molar refractivity (Wildman–Crippen MR) is 93.3 cm³/mol. The fraction of sp³-hybridized carbons (Fsp3) is 0.471. The molecular formula is C17H20N8. The van der Waals surface area contributed by atoms with Gasteiger partial charge in [-0.05, 0) is 32.1 Å². The first-order chi connectivity index (χ1) is 12.2. The Kier molecular flexibility index (Phi) is 4.15. The Labute approximate surface area is 145 Å². The van der Waals surface area contributed by atoms with Crippen molar-refractivity contribution in [1.29, 1.82) is 5.26 Å². The van der Waals surface area contributed by atoms with E-state index in [1.807, 2.05) is 12.1 Å². The topological polar surface area (TPSA) is 125 Å². The van der Waals surface area contributed by atoms with Crippen LogP contribution >= 0.6 is 0 Å². The molecule has 25 heavy (non-hydrogen) atoms. The average molecular weight is 336 g/mol. The van der Waals surface area contributed by atoms with E-state index in [-0.39, 0.29) is 11.7 Å². The van der Waals surface area contributed by atoms with Crippen LogP contribution in [-0.4, -0.2) is 32.2 Å². The van der Waals surface area contributed by atoms with Crippen LogP contribution in [0.1, 0.15) is 49.4 Å². The summed E-state index contributed by atoms with van der Waals surface area (Å²) in [5.74, 6) is 1.64. The summed E-state index contributed by atoms with van der Waals surface area (Å²) in [6.07, 6.45) is 8.39. The first-order valence-electron chi connectivity index (χ1n) is 8.60. The van der Waals surface area contributed by atoms with E-state index >= 15 is 0 Å². The lowest BCUT2D eigenvalue weighted by Gasteiger charge is -2.17. The predicted octanol–water partition coefficient (Wildman–Crippen LogP) is 2.05. The number of anilines is 3. The number of aromatic nitrogens is 4. The van der Waals surface area contributed by atoms with Crippen molar-refractivity contribution in [3.8, 4) is 6.07 Å². The third-order valence-corrected chi connectivity index (χ3v) is 4.64. The van der Waals surface area contributed by atoms with Crippen molar-refractivity contribution in [3.05, 3.63) is 29.8 Å². The molecule has 0 bridgehead atoms. The van der Waals surface area contributed by atoms with E-state index in [2.05, 4.69) is 30.8 Å². The molecule has 0 aliphatic heterocycles. The van der Waals surface area contributed by atoms with E-state index in [1.165, 1.54) is 25.2 Å². The molecule has 2 aromatic rings. The van der Waals surface area contributed by atoms with Crippen molar-refractivity contribution in [3.63, 3.8) is 0 Å². The molecule has 2 heterocycles. The first kappa shape index (κ1) is 15.7. The van der Waals surface area contributed by atoms with E-state index in [0.717, 1.165) is 30.6 Å². The van der Waals surface area contributed by atoms with Crippen molar-refractivity contribution >= 4 is 17.3 Å². The second-order valence-corrected chi connectivity index (χ2v) is 6.74. The molecule has 2 fully saturated rings. The molecule has 0 spiro atoms. The van der Waals surface area contributed by atoms with Crippen molar-refractivity contribution < 1.29 is 0 Å². The van der Waals surface area contributed by atoms with Gasteiger partial charge in [-0.2, -0.15) is 10.4 Å². The molecule has 128 valence electrons. The molecule has 0 aromatic carbocycles. The Morgan fingerprint density at radius 2 is 1.96 bits per heavy atom. The minimum Gasteiger partial charge on any atom is -0.381 e. The number of nitrogens with one attached hydrogen (secondary N) is 2. The summed E-state index contributed by atoms with van der Waals surface area (Å²) in [4.78, 5) is 8.16. The molecule has 0 amide bonds. The summed E-state index contributed by atoms with van der Waals surface area (Å²) in [6, 6.07) is 4.59. The van der Waals surface area contributed by atoms with Gasteiger partial charge in [-0.15, -0.1) is 5.10 Å².